The molecule has 0 amide bonds. The largest absolute Gasteiger partial charge is 0.389 e. The van der Waals surface area contributed by atoms with Gasteiger partial charge in [-0.1, -0.05) is 105 Å². The summed E-state index contributed by atoms with van der Waals surface area (Å²) in [5.41, 5.74) is 9.11. The number of allylic oxidation sites excluding steroid dienone is 2. The number of fused-ring (bicyclic) bond motifs is 2. The maximum atomic E-state index is 4.69. The lowest BCUT2D eigenvalue weighted by atomic mass is 9.62. The average Bonchev–Trinajstić information content (AvgIpc) is 2.88. The fourth-order valence-corrected chi connectivity index (χ4v) is 5.61. The molecular formula is C33H40N2. The summed E-state index contributed by atoms with van der Waals surface area (Å²) in [6, 6.07) is 28.8. The molecule has 182 valence electrons. The Hall–Kier alpha value is -3.26. The van der Waals surface area contributed by atoms with Crippen molar-refractivity contribution in [1.82, 2.24) is 10.6 Å². The Kier molecular flexibility index (Phi) is 8.47. The third kappa shape index (κ3) is 5.70. The van der Waals surface area contributed by atoms with E-state index in [1.807, 2.05) is 0 Å². The molecule has 0 spiro atoms. The summed E-state index contributed by atoms with van der Waals surface area (Å²) in [7, 11) is 0. The van der Waals surface area contributed by atoms with E-state index in [1.54, 1.807) is 0 Å². The van der Waals surface area contributed by atoms with Crippen molar-refractivity contribution in [2.75, 3.05) is 13.1 Å². The first-order valence-corrected chi connectivity index (χ1v) is 13.2. The van der Waals surface area contributed by atoms with E-state index in [-0.39, 0.29) is 5.41 Å². The number of hydrogen-bond acceptors (Lipinski definition) is 2. The van der Waals surface area contributed by atoms with Crippen LogP contribution in [0.15, 0.2) is 103 Å². The molecule has 0 bridgehead atoms. The number of hydrogen-bond donors (Lipinski definition) is 2. The molecule has 0 saturated carbocycles. The van der Waals surface area contributed by atoms with Crippen LogP contribution in [0.3, 0.4) is 0 Å². The number of aryl methyl sites for hydroxylation is 1. The minimum Gasteiger partial charge on any atom is -0.389 e. The van der Waals surface area contributed by atoms with Gasteiger partial charge in [-0.25, -0.2) is 0 Å². The molecule has 4 rings (SSSR count). The van der Waals surface area contributed by atoms with Gasteiger partial charge in [-0.2, -0.15) is 0 Å². The second-order valence-electron chi connectivity index (χ2n) is 9.77. The highest BCUT2D eigenvalue weighted by atomic mass is 14.9. The second kappa shape index (κ2) is 11.9. The van der Waals surface area contributed by atoms with Crippen molar-refractivity contribution >= 4 is 0 Å². The summed E-state index contributed by atoms with van der Waals surface area (Å²) in [5, 5.41) is 7.23. The van der Waals surface area contributed by atoms with Crippen molar-refractivity contribution in [2.45, 2.75) is 57.3 Å². The van der Waals surface area contributed by atoms with E-state index in [0.717, 1.165) is 69.4 Å². The smallest absolute Gasteiger partial charge is 0.0597 e. The zero-order chi connectivity index (χ0) is 24.5. The minimum atomic E-state index is -0.223. The summed E-state index contributed by atoms with van der Waals surface area (Å²) in [6.07, 6.45) is 7.40. The predicted molar refractivity (Wildman–Crippen MR) is 150 cm³/mol. The van der Waals surface area contributed by atoms with E-state index in [1.165, 1.54) is 27.8 Å². The van der Waals surface area contributed by atoms with Gasteiger partial charge in [0.1, 0.15) is 0 Å². The third-order valence-corrected chi connectivity index (χ3v) is 7.33. The Balaban J connectivity index is 1.57. The predicted octanol–water partition coefficient (Wildman–Crippen LogP) is 7.30. The Labute approximate surface area is 212 Å². The first kappa shape index (κ1) is 24.9. The van der Waals surface area contributed by atoms with Gasteiger partial charge in [-0.05, 0) is 66.3 Å². The molecule has 0 radical (unpaired) electrons. The standard InChI is InChI=1S/C33H40N2/c1-4-14-26(2)34-23-13-24-35-27(3)33(22-12-17-28-15-6-5-7-16-28)31-20-10-8-18-29(31)25-30-19-9-11-21-32(30)33/h5-11,15-16,18-21,34-35H,2-4,12-14,17,22-25H2,1H3. The quantitative estimate of drug-likeness (QED) is 0.259. The summed E-state index contributed by atoms with van der Waals surface area (Å²) >= 11 is 0. The van der Waals surface area contributed by atoms with Crippen LogP contribution in [0, 0.1) is 0 Å². The van der Waals surface area contributed by atoms with Crippen molar-refractivity contribution in [3.05, 3.63) is 131 Å². The van der Waals surface area contributed by atoms with Crippen molar-refractivity contribution in [3.63, 3.8) is 0 Å². The van der Waals surface area contributed by atoms with E-state index in [4.69, 9.17) is 0 Å². The van der Waals surface area contributed by atoms with Gasteiger partial charge in [-0.15, -0.1) is 0 Å². The molecule has 0 unspecified atom stereocenters. The van der Waals surface area contributed by atoms with Gasteiger partial charge in [-0.3, -0.25) is 0 Å². The van der Waals surface area contributed by atoms with Crippen LogP contribution in [0.4, 0.5) is 0 Å². The van der Waals surface area contributed by atoms with E-state index >= 15 is 0 Å². The van der Waals surface area contributed by atoms with Crippen LogP contribution in [0.5, 0.6) is 0 Å². The van der Waals surface area contributed by atoms with Gasteiger partial charge in [0.05, 0.1) is 5.41 Å². The Morgan fingerprint density at radius 1 is 0.771 bits per heavy atom. The number of benzene rings is 3. The minimum absolute atomic E-state index is 0.223. The summed E-state index contributed by atoms with van der Waals surface area (Å²) in [5.74, 6) is 0. The van der Waals surface area contributed by atoms with E-state index in [9.17, 15) is 0 Å². The zero-order valence-electron chi connectivity index (χ0n) is 21.3. The van der Waals surface area contributed by atoms with Gasteiger partial charge in [0.25, 0.3) is 0 Å². The highest BCUT2D eigenvalue weighted by molar-refractivity contribution is 5.58. The topological polar surface area (TPSA) is 24.1 Å². The van der Waals surface area contributed by atoms with E-state index in [0.29, 0.717) is 0 Å². The molecule has 1 aliphatic carbocycles. The van der Waals surface area contributed by atoms with Crippen molar-refractivity contribution in [1.29, 1.82) is 0 Å². The Morgan fingerprint density at radius 3 is 2.03 bits per heavy atom. The van der Waals surface area contributed by atoms with Crippen molar-refractivity contribution < 1.29 is 0 Å². The first-order valence-electron chi connectivity index (χ1n) is 13.2. The molecular weight excluding hydrogens is 424 g/mol. The molecule has 2 N–H and O–H groups in total. The Morgan fingerprint density at radius 2 is 1.37 bits per heavy atom. The van der Waals surface area contributed by atoms with Crippen LogP contribution in [0.25, 0.3) is 0 Å². The second-order valence-corrected chi connectivity index (χ2v) is 9.77. The van der Waals surface area contributed by atoms with Gasteiger partial charge in [0.15, 0.2) is 0 Å². The molecule has 0 aliphatic heterocycles. The molecule has 0 heterocycles. The lowest BCUT2D eigenvalue weighted by Gasteiger charge is -2.43. The molecule has 35 heavy (non-hydrogen) atoms. The molecule has 2 nitrogen and oxygen atoms in total. The molecule has 0 atom stereocenters. The Bertz CT molecular complexity index is 1080. The summed E-state index contributed by atoms with van der Waals surface area (Å²) < 4.78 is 0. The van der Waals surface area contributed by atoms with E-state index in [2.05, 4.69) is 110 Å². The van der Waals surface area contributed by atoms with Crippen molar-refractivity contribution in [3.8, 4) is 0 Å². The molecule has 0 fully saturated rings. The van der Waals surface area contributed by atoms with Gasteiger partial charge in [0, 0.05) is 24.5 Å². The zero-order valence-corrected chi connectivity index (χ0v) is 21.3. The fourth-order valence-electron chi connectivity index (χ4n) is 5.61. The molecule has 3 aromatic rings. The van der Waals surface area contributed by atoms with Crippen LogP contribution >= 0.6 is 0 Å². The van der Waals surface area contributed by atoms with E-state index < -0.39 is 0 Å². The van der Waals surface area contributed by atoms with Crippen LogP contribution in [0.1, 0.15) is 66.8 Å². The lowest BCUT2D eigenvalue weighted by Crippen LogP contribution is -2.41. The molecule has 1 aliphatic rings. The SMILES string of the molecule is C=C(CCC)NCCCNC(=C)C1(CCCc2ccccc2)c2ccccc2Cc2ccccc21. The van der Waals surface area contributed by atoms with Gasteiger partial charge < -0.3 is 10.6 Å². The molecule has 2 heteroatoms. The maximum Gasteiger partial charge on any atom is 0.0597 e. The first-order chi connectivity index (χ1) is 17.1. The highest BCUT2D eigenvalue weighted by Crippen LogP contribution is 2.48. The summed E-state index contributed by atoms with van der Waals surface area (Å²) in [4.78, 5) is 0. The number of rotatable bonds is 13. The van der Waals surface area contributed by atoms with Crippen LogP contribution in [-0.2, 0) is 18.3 Å². The van der Waals surface area contributed by atoms with Crippen LogP contribution in [0.2, 0.25) is 0 Å². The van der Waals surface area contributed by atoms with Crippen LogP contribution < -0.4 is 10.6 Å². The molecule has 0 aromatic heterocycles. The monoisotopic (exact) mass is 464 g/mol. The van der Waals surface area contributed by atoms with Gasteiger partial charge >= 0.3 is 0 Å². The lowest BCUT2D eigenvalue weighted by molar-refractivity contribution is 0.473. The van der Waals surface area contributed by atoms with Crippen molar-refractivity contribution in [2.24, 2.45) is 0 Å². The van der Waals surface area contributed by atoms with Gasteiger partial charge in [0.2, 0.25) is 0 Å². The number of nitrogens with one attached hydrogen (secondary N) is 2. The normalized spacial score (nSPS) is 13.4. The fraction of sp³-hybridized carbons (Fsp3) is 0.333. The average molecular weight is 465 g/mol. The molecule has 0 saturated heterocycles. The highest BCUT2D eigenvalue weighted by Gasteiger charge is 2.42. The maximum absolute atomic E-state index is 4.69. The summed E-state index contributed by atoms with van der Waals surface area (Å²) in [6.45, 7) is 12.8. The third-order valence-electron chi connectivity index (χ3n) is 7.33. The van der Waals surface area contributed by atoms with Crippen LogP contribution in [-0.4, -0.2) is 13.1 Å². The molecule has 3 aromatic carbocycles.